The highest BCUT2D eigenvalue weighted by Crippen LogP contribution is 2.43. The number of imidazole rings is 1. The molecule has 1 aliphatic rings. The summed E-state index contributed by atoms with van der Waals surface area (Å²) in [7, 11) is 1.27. The number of nitrogens with zero attached hydrogens (tertiary/aromatic N) is 2. The van der Waals surface area contributed by atoms with Gasteiger partial charge >= 0.3 is 5.97 Å². The lowest BCUT2D eigenvalue weighted by molar-refractivity contribution is -0.114. The molecule has 1 aromatic heterocycles. The van der Waals surface area contributed by atoms with Crippen LogP contribution in [0.3, 0.4) is 0 Å². The lowest BCUT2D eigenvalue weighted by Gasteiger charge is -2.35. The number of halogens is 2. The first-order valence-electron chi connectivity index (χ1n) is 5.98. The van der Waals surface area contributed by atoms with Gasteiger partial charge in [0.2, 0.25) is 5.92 Å². The van der Waals surface area contributed by atoms with E-state index < -0.39 is 11.9 Å². The minimum absolute atomic E-state index is 0.0902. The zero-order valence-corrected chi connectivity index (χ0v) is 10.8. The molecule has 1 aliphatic carbocycles. The maximum atomic E-state index is 12.6. The quantitative estimate of drug-likeness (QED) is 0.785. The van der Waals surface area contributed by atoms with E-state index in [2.05, 4.69) is 9.72 Å². The van der Waals surface area contributed by atoms with Crippen LogP contribution in [-0.4, -0.2) is 28.6 Å². The summed E-state index contributed by atoms with van der Waals surface area (Å²) < 4.78 is 31.4. The average molecular weight is 260 g/mol. The number of aromatic nitrogens is 2. The number of methoxy groups -OCH3 is 1. The summed E-state index contributed by atoms with van der Waals surface area (Å²) in [6, 6.07) is 0. The van der Waals surface area contributed by atoms with Gasteiger partial charge in [-0.2, -0.15) is 0 Å². The Morgan fingerprint density at radius 3 is 2.67 bits per heavy atom. The van der Waals surface area contributed by atoms with Crippen LogP contribution in [0.25, 0.3) is 0 Å². The third kappa shape index (κ3) is 3.27. The van der Waals surface area contributed by atoms with E-state index in [0.717, 1.165) is 0 Å². The first-order chi connectivity index (χ1) is 8.52. The van der Waals surface area contributed by atoms with Gasteiger partial charge in [0.1, 0.15) is 5.69 Å². The molecule has 1 aromatic rings. The largest absolute Gasteiger partial charge is 0.464 e. The molecule has 1 saturated carbocycles. The number of carbonyl (C=O) groups excluding carboxylic acids is 1. The molecule has 0 saturated heterocycles. The van der Waals surface area contributed by atoms with Gasteiger partial charge in [0.05, 0.1) is 19.6 Å². The summed E-state index contributed by atoms with van der Waals surface area (Å²) in [6.07, 6.45) is 2.60. The molecule has 4 nitrogen and oxygen atoms in total. The molecule has 0 aromatic carbocycles. The van der Waals surface area contributed by atoms with Crippen molar-refractivity contribution in [2.75, 3.05) is 7.11 Å². The molecule has 6 heteroatoms. The molecule has 0 N–H and O–H groups in total. The Kier molecular flexibility index (Phi) is 4.81. The van der Waals surface area contributed by atoms with Gasteiger partial charge in [0.25, 0.3) is 0 Å². The predicted molar refractivity (Wildman–Crippen MR) is 62.6 cm³/mol. The van der Waals surface area contributed by atoms with Crippen molar-refractivity contribution in [3.63, 3.8) is 0 Å². The van der Waals surface area contributed by atoms with Crippen molar-refractivity contribution >= 4 is 5.97 Å². The minimum atomic E-state index is -2.53. The van der Waals surface area contributed by atoms with E-state index in [1.807, 2.05) is 13.8 Å². The minimum Gasteiger partial charge on any atom is -0.464 e. The smallest absolute Gasteiger partial charge is 0.356 e. The molecule has 0 unspecified atom stereocenters. The van der Waals surface area contributed by atoms with Gasteiger partial charge < -0.3 is 9.30 Å². The molecule has 0 atom stereocenters. The molecule has 1 heterocycles. The molecule has 0 amide bonds. The van der Waals surface area contributed by atoms with Crippen LogP contribution in [0, 0.1) is 5.92 Å². The number of rotatable bonds is 3. The van der Waals surface area contributed by atoms with Gasteiger partial charge in [-0.25, -0.2) is 18.6 Å². The van der Waals surface area contributed by atoms with Gasteiger partial charge in [0, 0.05) is 19.4 Å². The van der Waals surface area contributed by atoms with E-state index in [-0.39, 0.29) is 18.8 Å². The van der Waals surface area contributed by atoms with Crippen LogP contribution in [0.1, 0.15) is 37.2 Å². The Hall–Kier alpha value is -1.46. The van der Waals surface area contributed by atoms with Crippen LogP contribution >= 0.6 is 0 Å². The molecule has 0 spiro atoms. The van der Waals surface area contributed by atoms with Crippen LogP contribution in [0.15, 0.2) is 12.5 Å². The third-order valence-corrected chi connectivity index (χ3v) is 2.74. The second-order valence-electron chi connectivity index (χ2n) is 4.05. The Bertz CT molecular complexity index is 397. The molecule has 102 valence electrons. The summed E-state index contributed by atoms with van der Waals surface area (Å²) in [6.45, 7) is 4.39. The van der Waals surface area contributed by atoms with E-state index >= 15 is 0 Å². The fourth-order valence-electron chi connectivity index (χ4n) is 1.93. The summed E-state index contributed by atoms with van der Waals surface area (Å²) >= 11 is 0. The zero-order valence-electron chi connectivity index (χ0n) is 10.8. The van der Waals surface area contributed by atoms with Gasteiger partial charge in [-0.15, -0.1) is 0 Å². The SMILES string of the molecule is CC.COC(=O)c1cncn1CC1CC(F)(F)C1. The monoisotopic (exact) mass is 260 g/mol. The Morgan fingerprint density at radius 1 is 1.56 bits per heavy atom. The van der Waals surface area contributed by atoms with Crippen LogP contribution < -0.4 is 0 Å². The molecule has 0 aliphatic heterocycles. The molecule has 0 radical (unpaired) electrons. The highest BCUT2D eigenvalue weighted by atomic mass is 19.3. The Labute approximate surface area is 105 Å². The highest BCUT2D eigenvalue weighted by molar-refractivity contribution is 5.87. The summed E-state index contributed by atoms with van der Waals surface area (Å²) in [4.78, 5) is 15.1. The van der Waals surface area contributed by atoms with Crippen LogP contribution in [-0.2, 0) is 11.3 Å². The summed E-state index contributed by atoms with van der Waals surface area (Å²) in [5.74, 6) is -3.12. The van der Waals surface area contributed by atoms with Crippen molar-refractivity contribution in [3.8, 4) is 0 Å². The number of alkyl halides is 2. The predicted octanol–water partition coefficient (Wildman–Crippen LogP) is 2.74. The third-order valence-electron chi connectivity index (χ3n) is 2.74. The summed E-state index contributed by atoms with van der Waals surface area (Å²) in [5, 5.41) is 0. The molecular weight excluding hydrogens is 242 g/mol. The van der Waals surface area contributed by atoms with Crippen molar-refractivity contribution in [2.45, 2.75) is 39.2 Å². The van der Waals surface area contributed by atoms with E-state index in [1.54, 1.807) is 4.57 Å². The van der Waals surface area contributed by atoms with Crippen molar-refractivity contribution in [2.24, 2.45) is 5.92 Å². The second kappa shape index (κ2) is 5.93. The lowest BCUT2D eigenvalue weighted by atomic mass is 9.81. The normalized spacial score (nSPS) is 17.4. The fraction of sp³-hybridized carbons (Fsp3) is 0.667. The standard InChI is InChI=1S/C10H12F2N2O2.C2H6/c1-16-9(15)8-4-13-6-14(8)5-7-2-10(11,12)3-7;1-2/h4,6-7H,2-3,5H2,1H3;1-2H3. The number of hydrogen-bond acceptors (Lipinski definition) is 3. The second-order valence-corrected chi connectivity index (χ2v) is 4.05. The Morgan fingerprint density at radius 2 is 2.17 bits per heavy atom. The fourth-order valence-corrected chi connectivity index (χ4v) is 1.93. The van der Waals surface area contributed by atoms with Crippen LogP contribution in [0.5, 0.6) is 0 Å². The van der Waals surface area contributed by atoms with E-state index in [9.17, 15) is 13.6 Å². The zero-order chi connectivity index (χ0) is 13.8. The van der Waals surface area contributed by atoms with Gasteiger partial charge in [-0.05, 0) is 5.92 Å². The average Bonchev–Trinajstić information content (AvgIpc) is 2.76. The van der Waals surface area contributed by atoms with Gasteiger partial charge in [-0.1, -0.05) is 13.8 Å². The van der Waals surface area contributed by atoms with Gasteiger partial charge in [-0.3, -0.25) is 0 Å². The van der Waals surface area contributed by atoms with Crippen LogP contribution in [0.2, 0.25) is 0 Å². The van der Waals surface area contributed by atoms with Gasteiger partial charge in [0.15, 0.2) is 0 Å². The number of hydrogen-bond donors (Lipinski definition) is 0. The first-order valence-corrected chi connectivity index (χ1v) is 5.98. The maximum absolute atomic E-state index is 12.6. The summed E-state index contributed by atoms with van der Waals surface area (Å²) in [5.41, 5.74) is 0.303. The highest BCUT2D eigenvalue weighted by Gasteiger charge is 2.45. The number of ether oxygens (including phenoxy) is 1. The molecule has 1 fully saturated rings. The van der Waals surface area contributed by atoms with E-state index in [4.69, 9.17) is 0 Å². The van der Waals surface area contributed by atoms with Crippen LogP contribution in [0.4, 0.5) is 8.78 Å². The van der Waals surface area contributed by atoms with Crippen molar-refractivity contribution in [1.82, 2.24) is 9.55 Å². The first kappa shape index (κ1) is 14.6. The lowest BCUT2D eigenvalue weighted by Crippen LogP contribution is -2.38. The number of esters is 1. The van der Waals surface area contributed by atoms with E-state index in [1.165, 1.54) is 19.6 Å². The topological polar surface area (TPSA) is 44.1 Å². The maximum Gasteiger partial charge on any atom is 0.356 e. The van der Waals surface area contributed by atoms with Crippen molar-refractivity contribution < 1.29 is 18.3 Å². The molecule has 0 bridgehead atoms. The number of carbonyl (C=O) groups is 1. The molecule has 2 rings (SSSR count). The van der Waals surface area contributed by atoms with Crippen molar-refractivity contribution in [1.29, 1.82) is 0 Å². The molecule has 18 heavy (non-hydrogen) atoms. The van der Waals surface area contributed by atoms with Crippen molar-refractivity contribution in [3.05, 3.63) is 18.2 Å². The Balaban J connectivity index is 0.000000771. The van der Waals surface area contributed by atoms with E-state index in [0.29, 0.717) is 12.2 Å². The molecular formula is C12H18F2N2O2.